The standard InChI is InChI=1S/C24H21N3O2S/c1-16(30-24-26-21-15-9-7-13-19(21)23(29)27(24)2)22(28)25-20-14-8-6-12-18(20)17-10-4-3-5-11-17/h3-16H,1-2H3,(H,25,28). The lowest BCUT2D eigenvalue weighted by Gasteiger charge is -2.16. The number of nitrogens with zero attached hydrogens (tertiary/aromatic N) is 2. The van der Waals surface area contributed by atoms with Gasteiger partial charge in [-0.25, -0.2) is 4.98 Å². The Morgan fingerprint density at radius 3 is 2.43 bits per heavy atom. The van der Waals surface area contributed by atoms with Gasteiger partial charge in [-0.2, -0.15) is 0 Å². The van der Waals surface area contributed by atoms with E-state index in [0.717, 1.165) is 16.8 Å². The van der Waals surface area contributed by atoms with Gasteiger partial charge in [-0.3, -0.25) is 14.2 Å². The molecule has 3 aromatic carbocycles. The van der Waals surface area contributed by atoms with E-state index in [1.165, 1.54) is 16.3 Å². The molecule has 0 spiro atoms. The first-order valence-electron chi connectivity index (χ1n) is 9.62. The molecule has 0 aliphatic rings. The predicted octanol–water partition coefficient (Wildman–Crippen LogP) is 4.72. The van der Waals surface area contributed by atoms with Gasteiger partial charge in [-0.05, 0) is 30.7 Å². The smallest absolute Gasteiger partial charge is 0.261 e. The monoisotopic (exact) mass is 415 g/mol. The fraction of sp³-hybridized carbons (Fsp3) is 0.125. The van der Waals surface area contributed by atoms with Crippen LogP contribution in [0.1, 0.15) is 6.92 Å². The molecule has 0 bridgehead atoms. The number of aromatic nitrogens is 2. The van der Waals surface area contributed by atoms with E-state index in [4.69, 9.17) is 0 Å². The van der Waals surface area contributed by atoms with Crippen molar-refractivity contribution in [1.29, 1.82) is 0 Å². The highest BCUT2D eigenvalue weighted by molar-refractivity contribution is 8.00. The zero-order valence-electron chi connectivity index (χ0n) is 16.7. The summed E-state index contributed by atoms with van der Waals surface area (Å²) in [7, 11) is 1.68. The van der Waals surface area contributed by atoms with Crippen molar-refractivity contribution in [1.82, 2.24) is 9.55 Å². The van der Waals surface area contributed by atoms with Crippen LogP contribution >= 0.6 is 11.8 Å². The Balaban J connectivity index is 1.57. The van der Waals surface area contributed by atoms with E-state index in [1.807, 2.05) is 79.7 Å². The van der Waals surface area contributed by atoms with Gasteiger partial charge in [0, 0.05) is 18.3 Å². The number of amides is 1. The molecule has 5 nitrogen and oxygen atoms in total. The highest BCUT2D eigenvalue weighted by atomic mass is 32.2. The van der Waals surface area contributed by atoms with Crippen molar-refractivity contribution < 1.29 is 4.79 Å². The Kier molecular flexibility index (Phi) is 5.68. The summed E-state index contributed by atoms with van der Waals surface area (Å²) in [4.78, 5) is 30.1. The molecule has 0 saturated heterocycles. The molecule has 1 aromatic heterocycles. The molecule has 4 aromatic rings. The number of nitrogens with one attached hydrogen (secondary N) is 1. The van der Waals surface area contributed by atoms with Crippen LogP contribution in [-0.4, -0.2) is 20.7 Å². The van der Waals surface area contributed by atoms with Crippen LogP contribution < -0.4 is 10.9 Å². The van der Waals surface area contributed by atoms with E-state index in [9.17, 15) is 9.59 Å². The average molecular weight is 416 g/mol. The fourth-order valence-corrected chi connectivity index (χ4v) is 4.08. The molecular weight excluding hydrogens is 394 g/mol. The number of fused-ring (bicyclic) bond motifs is 1. The molecule has 6 heteroatoms. The molecule has 150 valence electrons. The maximum Gasteiger partial charge on any atom is 0.261 e. The molecule has 4 rings (SSSR count). The number of carbonyl (C=O) groups excluding carboxylic acids is 1. The van der Waals surface area contributed by atoms with Crippen LogP contribution in [0.25, 0.3) is 22.0 Å². The van der Waals surface area contributed by atoms with Crippen LogP contribution in [0.5, 0.6) is 0 Å². The van der Waals surface area contributed by atoms with E-state index in [0.29, 0.717) is 16.1 Å². The van der Waals surface area contributed by atoms with Crippen LogP contribution in [0.4, 0.5) is 5.69 Å². The number of hydrogen-bond acceptors (Lipinski definition) is 4. The van der Waals surface area contributed by atoms with Gasteiger partial charge in [0.05, 0.1) is 16.2 Å². The minimum absolute atomic E-state index is 0.120. The van der Waals surface area contributed by atoms with Gasteiger partial charge in [0.2, 0.25) is 5.91 Å². The second kappa shape index (κ2) is 8.55. The van der Waals surface area contributed by atoms with Crippen molar-refractivity contribution in [3.05, 3.63) is 89.2 Å². The zero-order chi connectivity index (χ0) is 21.1. The molecule has 0 aliphatic heterocycles. The van der Waals surface area contributed by atoms with Crippen molar-refractivity contribution in [2.75, 3.05) is 5.32 Å². The summed E-state index contributed by atoms with van der Waals surface area (Å²) in [5, 5.41) is 3.67. The van der Waals surface area contributed by atoms with Gasteiger partial charge >= 0.3 is 0 Å². The zero-order valence-corrected chi connectivity index (χ0v) is 17.5. The van der Waals surface area contributed by atoms with Crippen molar-refractivity contribution >= 4 is 34.3 Å². The summed E-state index contributed by atoms with van der Waals surface area (Å²) in [5.74, 6) is -0.147. The predicted molar refractivity (Wildman–Crippen MR) is 123 cm³/mol. The Hall–Kier alpha value is -3.38. The molecule has 0 radical (unpaired) electrons. The second-order valence-corrected chi connectivity index (χ2v) is 8.24. The van der Waals surface area contributed by atoms with E-state index in [1.54, 1.807) is 13.1 Å². The van der Waals surface area contributed by atoms with Crippen molar-refractivity contribution in [3.8, 4) is 11.1 Å². The number of carbonyl (C=O) groups is 1. The first-order chi connectivity index (χ1) is 14.5. The van der Waals surface area contributed by atoms with Crippen LogP contribution in [-0.2, 0) is 11.8 Å². The number of thioether (sulfide) groups is 1. The van der Waals surface area contributed by atoms with Gasteiger partial charge < -0.3 is 5.32 Å². The SMILES string of the molecule is CC(Sc1nc2ccccc2c(=O)n1C)C(=O)Nc1ccccc1-c1ccccc1. The van der Waals surface area contributed by atoms with E-state index in [2.05, 4.69) is 10.3 Å². The number of hydrogen-bond donors (Lipinski definition) is 1. The normalized spacial score (nSPS) is 11.9. The van der Waals surface area contributed by atoms with E-state index < -0.39 is 5.25 Å². The summed E-state index contributed by atoms with van der Waals surface area (Å²) in [6, 6.07) is 24.9. The molecule has 0 fully saturated rings. The third kappa shape index (κ3) is 4.00. The summed E-state index contributed by atoms with van der Waals surface area (Å²) < 4.78 is 1.49. The lowest BCUT2D eigenvalue weighted by atomic mass is 10.0. The fourth-order valence-electron chi connectivity index (χ4n) is 3.21. The summed E-state index contributed by atoms with van der Waals surface area (Å²) >= 11 is 1.27. The van der Waals surface area contributed by atoms with Gasteiger partial charge in [-0.1, -0.05) is 72.4 Å². The van der Waals surface area contributed by atoms with E-state index >= 15 is 0 Å². The van der Waals surface area contributed by atoms with Crippen LogP contribution in [0, 0.1) is 0 Å². The number of anilines is 1. The van der Waals surface area contributed by atoms with Crippen LogP contribution in [0.15, 0.2) is 88.8 Å². The minimum Gasteiger partial charge on any atom is -0.325 e. The van der Waals surface area contributed by atoms with Crippen molar-refractivity contribution in [3.63, 3.8) is 0 Å². The third-order valence-corrected chi connectivity index (χ3v) is 6.01. The molecule has 0 saturated carbocycles. The molecule has 1 N–H and O–H groups in total. The quantitative estimate of drug-likeness (QED) is 0.378. The lowest BCUT2D eigenvalue weighted by molar-refractivity contribution is -0.115. The summed E-state index contributed by atoms with van der Waals surface area (Å²) in [6.45, 7) is 1.81. The van der Waals surface area contributed by atoms with Crippen LogP contribution in [0.3, 0.4) is 0 Å². The third-order valence-electron chi connectivity index (χ3n) is 4.86. The van der Waals surface area contributed by atoms with Gasteiger partial charge in [-0.15, -0.1) is 0 Å². The van der Waals surface area contributed by atoms with Gasteiger partial charge in [0.1, 0.15) is 0 Å². The maximum absolute atomic E-state index is 12.9. The second-order valence-electron chi connectivity index (χ2n) is 6.94. The van der Waals surface area contributed by atoms with Crippen LogP contribution in [0.2, 0.25) is 0 Å². The topological polar surface area (TPSA) is 64.0 Å². The highest BCUT2D eigenvalue weighted by Gasteiger charge is 2.19. The molecule has 1 unspecified atom stereocenters. The summed E-state index contributed by atoms with van der Waals surface area (Å²) in [5.41, 5.74) is 3.25. The number of para-hydroxylation sites is 2. The average Bonchev–Trinajstić information content (AvgIpc) is 2.78. The largest absolute Gasteiger partial charge is 0.325 e. The number of benzene rings is 3. The first-order valence-corrected chi connectivity index (χ1v) is 10.5. The lowest BCUT2D eigenvalue weighted by Crippen LogP contribution is -2.25. The highest BCUT2D eigenvalue weighted by Crippen LogP contribution is 2.29. The molecule has 30 heavy (non-hydrogen) atoms. The molecule has 0 aliphatic carbocycles. The molecular formula is C24H21N3O2S. The summed E-state index contributed by atoms with van der Waals surface area (Å²) in [6.07, 6.45) is 0. The van der Waals surface area contributed by atoms with E-state index in [-0.39, 0.29) is 11.5 Å². The maximum atomic E-state index is 12.9. The van der Waals surface area contributed by atoms with Gasteiger partial charge in [0.15, 0.2) is 5.16 Å². The van der Waals surface area contributed by atoms with Crippen molar-refractivity contribution in [2.45, 2.75) is 17.3 Å². The molecule has 1 heterocycles. The molecule has 1 atom stereocenters. The number of rotatable bonds is 5. The Bertz CT molecular complexity index is 1270. The Morgan fingerprint density at radius 2 is 1.63 bits per heavy atom. The Labute approximate surface area is 178 Å². The van der Waals surface area contributed by atoms with Gasteiger partial charge in [0.25, 0.3) is 5.56 Å². The Morgan fingerprint density at radius 1 is 0.967 bits per heavy atom. The molecule has 1 amide bonds. The minimum atomic E-state index is -0.437. The first kappa shape index (κ1) is 19.9. The van der Waals surface area contributed by atoms with Crippen molar-refractivity contribution in [2.24, 2.45) is 7.05 Å².